The van der Waals surface area contributed by atoms with E-state index in [4.69, 9.17) is 4.74 Å². The van der Waals surface area contributed by atoms with Crippen LogP contribution in [0.4, 0.5) is 0 Å². The van der Waals surface area contributed by atoms with Crippen molar-refractivity contribution in [3.05, 3.63) is 53.8 Å². The summed E-state index contributed by atoms with van der Waals surface area (Å²) < 4.78 is 9.54. The molecule has 1 N–H and O–H groups in total. The van der Waals surface area contributed by atoms with Crippen molar-refractivity contribution in [3.63, 3.8) is 0 Å². The molecule has 0 fully saturated rings. The average Bonchev–Trinajstić information content (AvgIpc) is 2.49. The van der Waals surface area contributed by atoms with Gasteiger partial charge in [0.25, 0.3) is 0 Å². The highest BCUT2D eigenvalue weighted by atomic mass is 16.5. The number of ether oxygens (including phenoxy) is 2. The molecule has 0 bridgehead atoms. The normalized spacial score (nSPS) is 14.9. The van der Waals surface area contributed by atoms with E-state index in [0.29, 0.717) is 5.57 Å². The molecule has 0 radical (unpaired) electrons. The Labute approximate surface area is 119 Å². The third-order valence-corrected chi connectivity index (χ3v) is 2.95. The predicted molar refractivity (Wildman–Crippen MR) is 77.8 cm³/mol. The lowest BCUT2D eigenvalue weighted by Gasteiger charge is -2.17. The lowest BCUT2D eigenvalue weighted by atomic mass is 9.95. The molecule has 0 aliphatic rings. The molecule has 0 aliphatic carbocycles. The maximum absolute atomic E-state index is 11.6. The Kier molecular flexibility index (Phi) is 6.53. The molecule has 0 saturated heterocycles. The number of aliphatic hydroxyl groups is 1. The minimum atomic E-state index is -0.810. The second-order valence-corrected chi connectivity index (χ2v) is 4.35. The topological polar surface area (TPSA) is 55.8 Å². The van der Waals surface area contributed by atoms with Crippen LogP contribution in [0.3, 0.4) is 0 Å². The molecule has 0 heterocycles. The Morgan fingerprint density at radius 3 is 2.45 bits per heavy atom. The molecule has 4 nitrogen and oxygen atoms in total. The van der Waals surface area contributed by atoms with Crippen molar-refractivity contribution in [1.82, 2.24) is 0 Å². The number of hydrogen-bond acceptors (Lipinski definition) is 4. The van der Waals surface area contributed by atoms with Crippen molar-refractivity contribution < 1.29 is 19.4 Å². The van der Waals surface area contributed by atoms with Gasteiger partial charge in [-0.3, -0.25) is 0 Å². The van der Waals surface area contributed by atoms with Crippen molar-refractivity contribution in [2.24, 2.45) is 5.92 Å². The third kappa shape index (κ3) is 4.55. The van der Waals surface area contributed by atoms with Crippen LogP contribution in [0.25, 0.3) is 6.08 Å². The number of carbonyl (C=O) groups excluding carboxylic acids is 1. The molecule has 0 aliphatic heterocycles. The van der Waals surface area contributed by atoms with Crippen molar-refractivity contribution in [3.8, 4) is 0 Å². The second kappa shape index (κ2) is 8.17. The summed E-state index contributed by atoms with van der Waals surface area (Å²) in [5.74, 6) is -0.936. The Balaban J connectivity index is 2.79. The summed E-state index contributed by atoms with van der Waals surface area (Å²) in [5.41, 5.74) is 1.27. The maximum atomic E-state index is 11.6. The fourth-order valence-corrected chi connectivity index (χ4v) is 1.71. The highest BCUT2D eigenvalue weighted by Crippen LogP contribution is 2.18. The van der Waals surface area contributed by atoms with Crippen LogP contribution in [-0.4, -0.2) is 31.4 Å². The largest absolute Gasteiger partial charge is 0.504 e. The Morgan fingerprint density at radius 1 is 1.25 bits per heavy atom. The van der Waals surface area contributed by atoms with Gasteiger partial charge in [0.2, 0.25) is 0 Å². The van der Waals surface area contributed by atoms with Gasteiger partial charge in [0.1, 0.15) is 0 Å². The maximum Gasteiger partial charge on any atom is 0.337 e. The Bertz CT molecular complexity index is 477. The van der Waals surface area contributed by atoms with Gasteiger partial charge in [-0.15, -0.1) is 0 Å². The first-order chi connectivity index (χ1) is 9.60. The van der Waals surface area contributed by atoms with E-state index in [1.54, 1.807) is 13.0 Å². The van der Waals surface area contributed by atoms with Crippen LogP contribution in [0.2, 0.25) is 0 Å². The van der Waals surface area contributed by atoms with Gasteiger partial charge in [0.05, 0.1) is 32.2 Å². The van der Waals surface area contributed by atoms with Crippen LogP contribution in [0, 0.1) is 5.92 Å². The van der Waals surface area contributed by atoms with Crippen LogP contribution >= 0.6 is 0 Å². The number of hydrogen-bond donors (Lipinski definition) is 1. The summed E-state index contributed by atoms with van der Waals surface area (Å²) in [4.78, 5) is 11.6. The van der Waals surface area contributed by atoms with E-state index in [9.17, 15) is 9.90 Å². The van der Waals surface area contributed by atoms with Crippen LogP contribution in [0.15, 0.2) is 48.2 Å². The van der Waals surface area contributed by atoms with Crippen LogP contribution in [0.1, 0.15) is 12.5 Å². The molecular formula is C16H20O4. The molecule has 0 saturated carbocycles. The van der Waals surface area contributed by atoms with E-state index in [-0.39, 0.29) is 0 Å². The number of aliphatic hydroxyl groups excluding tert-OH is 1. The van der Waals surface area contributed by atoms with Crippen LogP contribution in [-0.2, 0) is 14.3 Å². The zero-order valence-electron chi connectivity index (χ0n) is 11.9. The van der Waals surface area contributed by atoms with E-state index >= 15 is 0 Å². The summed E-state index contributed by atoms with van der Waals surface area (Å²) in [6.07, 6.45) is 3.95. The summed E-state index contributed by atoms with van der Waals surface area (Å²) in [6, 6.07) is 9.62. The summed E-state index contributed by atoms with van der Waals surface area (Å²) in [5, 5.41) is 10.1. The van der Waals surface area contributed by atoms with Gasteiger partial charge < -0.3 is 14.6 Å². The molecule has 4 heteroatoms. The van der Waals surface area contributed by atoms with Crippen LogP contribution < -0.4 is 0 Å². The second-order valence-electron chi connectivity index (χ2n) is 4.35. The molecular weight excluding hydrogens is 256 g/mol. The van der Waals surface area contributed by atoms with E-state index in [1.807, 2.05) is 36.4 Å². The summed E-state index contributed by atoms with van der Waals surface area (Å²) >= 11 is 0. The van der Waals surface area contributed by atoms with Gasteiger partial charge in [0.15, 0.2) is 0 Å². The number of esters is 1. The fraction of sp³-hybridized carbons (Fsp3) is 0.312. The first-order valence-electron chi connectivity index (χ1n) is 6.32. The summed E-state index contributed by atoms with van der Waals surface area (Å²) in [7, 11) is 2.74. The monoisotopic (exact) mass is 276 g/mol. The molecule has 20 heavy (non-hydrogen) atoms. The molecule has 0 spiro atoms. The molecule has 0 aromatic heterocycles. The number of carbonyl (C=O) groups is 1. The third-order valence-electron chi connectivity index (χ3n) is 2.95. The molecule has 0 unspecified atom stereocenters. The molecule has 1 rings (SSSR count). The quantitative estimate of drug-likeness (QED) is 0.492. The average molecular weight is 276 g/mol. The van der Waals surface area contributed by atoms with Crippen molar-refractivity contribution in [2.75, 3.05) is 14.2 Å². The SMILES string of the molecule is CO/C=C(/C(=O)OC)[C@H](C)[C@@H](O)/C=C/c1ccccc1. The molecule has 2 atom stereocenters. The number of benzene rings is 1. The lowest BCUT2D eigenvalue weighted by Crippen LogP contribution is -2.22. The zero-order valence-corrected chi connectivity index (χ0v) is 11.9. The van der Waals surface area contributed by atoms with Gasteiger partial charge in [0, 0.05) is 5.92 Å². The van der Waals surface area contributed by atoms with Crippen molar-refractivity contribution >= 4 is 12.0 Å². The van der Waals surface area contributed by atoms with E-state index in [1.165, 1.54) is 20.5 Å². The Morgan fingerprint density at radius 2 is 1.90 bits per heavy atom. The smallest absolute Gasteiger partial charge is 0.337 e. The van der Waals surface area contributed by atoms with Crippen molar-refractivity contribution in [1.29, 1.82) is 0 Å². The predicted octanol–water partition coefficient (Wildman–Crippen LogP) is 2.40. The van der Waals surface area contributed by atoms with Gasteiger partial charge in [-0.1, -0.05) is 49.4 Å². The van der Waals surface area contributed by atoms with Crippen molar-refractivity contribution in [2.45, 2.75) is 13.0 Å². The van der Waals surface area contributed by atoms with Gasteiger partial charge in [-0.2, -0.15) is 0 Å². The van der Waals surface area contributed by atoms with Gasteiger partial charge >= 0.3 is 5.97 Å². The first kappa shape index (κ1) is 16.0. The van der Waals surface area contributed by atoms with E-state index in [2.05, 4.69) is 4.74 Å². The van der Waals surface area contributed by atoms with Gasteiger partial charge in [-0.25, -0.2) is 4.79 Å². The fourth-order valence-electron chi connectivity index (χ4n) is 1.71. The minimum Gasteiger partial charge on any atom is -0.504 e. The van der Waals surface area contributed by atoms with Gasteiger partial charge in [-0.05, 0) is 5.56 Å². The van der Waals surface area contributed by atoms with E-state index < -0.39 is 18.0 Å². The summed E-state index contributed by atoms with van der Waals surface area (Å²) in [6.45, 7) is 1.74. The highest BCUT2D eigenvalue weighted by molar-refractivity contribution is 5.88. The molecule has 108 valence electrons. The number of methoxy groups -OCH3 is 2. The molecule has 1 aromatic rings. The molecule has 0 amide bonds. The Hall–Kier alpha value is -2.07. The minimum absolute atomic E-state index is 0.292. The standard InChI is InChI=1S/C16H20O4/c1-12(14(11-19-2)16(18)20-3)15(17)10-9-13-7-5-4-6-8-13/h4-12,15,17H,1-3H3/b10-9+,14-11+/t12-,15-/m0/s1. The number of rotatable bonds is 6. The van der Waals surface area contributed by atoms with E-state index in [0.717, 1.165) is 5.56 Å². The van der Waals surface area contributed by atoms with Crippen LogP contribution in [0.5, 0.6) is 0 Å². The zero-order chi connectivity index (χ0) is 15.0. The highest BCUT2D eigenvalue weighted by Gasteiger charge is 2.23. The lowest BCUT2D eigenvalue weighted by molar-refractivity contribution is -0.137. The molecule has 1 aromatic carbocycles. The first-order valence-corrected chi connectivity index (χ1v) is 6.32.